The van der Waals surface area contributed by atoms with E-state index in [4.69, 9.17) is 9.47 Å². The minimum Gasteiger partial charge on any atom is -0.448 e. The summed E-state index contributed by atoms with van der Waals surface area (Å²) < 4.78 is 10.5. The van der Waals surface area contributed by atoms with Gasteiger partial charge in [0.05, 0.1) is 12.6 Å². The van der Waals surface area contributed by atoms with Crippen LogP contribution in [-0.4, -0.2) is 60.2 Å². The molecule has 0 saturated carbocycles. The van der Waals surface area contributed by atoms with E-state index in [1.807, 2.05) is 37.3 Å². The van der Waals surface area contributed by atoms with Crippen molar-refractivity contribution >= 4 is 12.4 Å². The van der Waals surface area contributed by atoms with Crippen LogP contribution in [-0.2, 0) is 20.7 Å². The zero-order chi connectivity index (χ0) is 18.2. The van der Waals surface area contributed by atoms with Gasteiger partial charge in [0, 0.05) is 13.5 Å². The molecule has 1 fully saturated rings. The van der Waals surface area contributed by atoms with Crippen LogP contribution < -0.4 is 0 Å². The Hall–Kier alpha value is -1.96. The van der Waals surface area contributed by atoms with E-state index in [0.29, 0.717) is 19.3 Å². The van der Waals surface area contributed by atoms with Gasteiger partial charge in [-0.25, -0.2) is 9.80 Å². The Balaban J connectivity index is 1.88. The Labute approximate surface area is 148 Å². The topological polar surface area (TPSA) is 79.3 Å². The summed E-state index contributed by atoms with van der Waals surface area (Å²) in [7, 11) is 1.59. The number of hydrogen-bond donors (Lipinski definition) is 1. The summed E-state index contributed by atoms with van der Waals surface area (Å²) in [6.07, 6.45) is 1.03. The van der Waals surface area contributed by atoms with Crippen molar-refractivity contribution in [3.05, 3.63) is 35.9 Å². The molecule has 1 amide bonds. The molecule has 0 aromatic heterocycles. The summed E-state index contributed by atoms with van der Waals surface area (Å²) in [6.45, 7) is 2.30. The highest BCUT2D eigenvalue weighted by Crippen LogP contribution is 2.21. The molecule has 0 radical (unpaired) electrons. The third-order valence-corrected chi connectivity index (χ3v) is 4.36. The molecule has 0 spiro atoms. The summed E-state index contributed by atoms with van der Waals surface area (Å²) in [5.74, 6) is 0.179. The lowest BCUT2D eigenvalue weighted by atomic mass is 10.1. The fourth-order valence-corrected chi connectivity index (χ4v) is 2.71. The van der Waals surface area contributed by atoms with Crippen LogP contribution in [0.25, 0.3) is 0 Å². The largest absolute Gasteiger partial charge is 0.448 e. The Kier molecular flexibility index (Phi) is 7.36. The number of benzene rings is 1. The van der Waals surface area contributed by atoms with E-state index in [1.54, 1.807) is 12.1 Å². The fraction of sp³-hybridized carbons (Fsp3) is 0.556. The van der Waals surface area contributed by atoms with Crippen LogP contribution in [0.3, 0.4) is 0 Å². The molecular weight excluding hydrogens is 324 g/mol. The number of aldehydes is 1. The third-order valence-electron chi connectivity index (χ3n) is 4.36. The summed E-state index contributed by atoms with van der Waals surface area (Å²) in [5.41, 5.74) is 1.05. The lowest BCUT2D eigenvalue weighted by Gasteiger charge is -2.31. The van der Waals surface area contributed by atoms with Crippen molar-refractivity contribution in [2.24, 2.45) is 5.92 Å². The van der Waals surface area contributed by atoms with Gasteiger partial charge in [-0.05, 0) is 24.3 Å². The summed E-state index contributed by atoms with van der Waals surface area (Å²) in [6, 6.07) is 9.36. The molecular formula is C18H26N2O5. The SMILES string of the molecule is CC(CC=O)CCOC(=O)N(C)N1COC(O)C1Cc1ccccc1. The van der Waals surface area contributed by atoms with Crippen LogP contribution in [0.1, 0.15) is 25.3 Å². The Morgan fingerprint density at radius 1 is 1.48 bits per heavy atom. The maximum Gasteiger partial charge on any atom is 0.424 e. The van der Waals surface area contributed by atoms with Gasteiger partial charge in [-0.3, -0.25) is 0 Å². The van der Waals surface area contributed by atoms with Gasteiger partial charge in [-0.2, -0.15) is 5.01 Å². The first-order valence-corrected chi connectivity index (χ1v) is 8.47. The third kappa shape index (κ3) is 5.52. The van der Waals surface area contributed by atoms with Gasteiger partial charge in [-0.15, -0.1) is 0 Å². The molecule has 25 heavy (non-hydrogen) atoms. The molecule has 1 aliphatic heterocycles. The average molecular weight is 350 g/mol. The highest BCUT2D eigenvalue weighted by Gasteiger charge is 2.38. The molecule has 7 nitrogen and oxygen atoms in total. The minimum absolute atomic E-state index is 0.117. The van der Waals surface area contributed by atoms with Crippen molar-refractivity contribution < 1.29 is 24.2 Å². The number of carbonyl (C=O) groups is 2. The van der Waals surface area contributed by atoms with Gasteiger partial charge in [-0.1, -0.05) is 37.3 Å². The number of rotatable bonds is 8. The van der Waals surface area contributed by atoms with E-state index in [1.165, 1.54) is 5.01 Å². The van der Waals surface area contributed by atoms with Gasteiger partial charge < -0.3 is 19.4 Å². The molecule has 1 heterocycles. The normalized spacial score (nSPS) is 21.7. The molecule has 1 aromatic rings. The van der Waals surface area contributed by atoms with E-state index in [0.717, 1.165) is 11.8 Å². The number of hydrogen-bond acceptors (Lipinski definition) is 6. The van der Waals surface area contributed by atoms with Crippen LogP contribution >= 0.6 is 0 Å². The molecule has 1 aliphatic rings. The zero-order valence-corrected chi connectivity index (χ0v) is 14.7. The van der Waals surface area contributed by atoms with Crippen molar-refractivity contribution in [2.45, 2.75) is 38.5 Å². The first kappa shape index (κ1) is 19.4. The average Bonchev–Trinajstić information content (AvgIpc) is 2.96. The highest BCUT2D eigenvalue weighted by molar-refractivity contribution is 5.66. The number of aliphatic hydroxyl groups excluding tert-OH is 1. The molecule has 0 aliphatic carbocycles. The Morgan fingerprint density at radius 3 is 2.88 bits per heavy atom. The van der Waals surface area contributed by atoms with Gasteiger partial charge in [0.2, 0.25) is 0 Å². The number of ether oxygens (including phenoxy) is 2. The second-order valence-electron chi connectivity index (χ2n) is 6.32. The van der Waals surface area contributed by atoms with Crippen LogP contribution in [0.15, 0.2) is 30.3 Å². The summed E-state index contributed by atoms with van der Waals surface area (Å²) in [5, 5.41) is 13.1. The van der Waals surface area contributed by atoms with Crippen LogP contribution in [0.4, 0.5) is 4.79 Å². The van der Waals surface area contributed by atoms with Crippen molar-refractivity contribution in [1.82, 2.24) is 10.0 Å². The van der Waals surface area contributed by atoms with E-state index in [2.05, 4.69) is 0 Å². The molecule has 3 atom stereocenters. The summed E-state index contributed by atoms with van der Waals surface area (Å²) >= 11 is 0. The second-order valence-corrected chi connectivity index (χ2v) is 6.32. The van der Waals surface area contributed by atoms with Crippen molar-refractivity contribution in [3.63, 3.8) is 0 Å². The predicted molar refractivity (Wildman–Crippen MR) is 91.3 cm³/mol. The first-order valence-electron chi connectivity index (χ1n) is 8.47. The van der Waals surface area contributed by atoms with E-state index in [9.17, 15) is 14.7 Å². The monoisotopic (exact) mass is 350 g/mol. The molecule has 0 bridgehead atoms. The van der Waals surface area contributed by atoms with Crippen LogP contribution in [0, 0.1) is 5.92 Å². The summed E-state index contributed by atoms with van der Waals surface area (Å²) in [4.78, 5) is 22.7. The zero-order valence-electron chi connectivity index (χ0n) is 14.7. The second kappa shape index (κ2) is 9.50. The van der Waals surface area contributed by atoms with Crippen molar-refractivity contribution in [3.8, 4) is 0 Å². The highest BCUT2D eigenvalue weighted by atomic mass is 16.6. The minimum atomic E-state index is -0.969. The molecule has 1 N–H and O–H groups in total. The van der Waals surface area contributed by atoms with Crippen LogP contribution in [0.5, 0.6) is 0 Å². The lowest BCUT2D eigenvalue weighted by molar-refractivity contribution is -0.108. The maximum atomic E-state index is 12.2. The predicted octanol–water partition coefficient (Wildman–Crippen LogP) is 1.80. The van der Waals surface area contributed by atoms with Gasteiger partial charge in [0.1, 0.15) is 13.0 Å². The maximum absolute atomic E-state index is 12.2. The Bertz CT molecular complexity index is 554. The lowest BCUT2D eigenvalue weighted by Crippen LogP contribution is -2.49. The van der Waals surface area contributed by atoms with Crippen molar-refractivity contribution in [1.29, 1.82) is 0 Å². The molecule has 2 rings (SSSR count). The number of aliphatic hydroxyl groups is 1. The number of nitrogens with zero attached hydrogens (tertiary/aromatic N) is 2. The van der Waals surface area contributed by atoms with Crippen LogP contribution in [0.2, 0.25) is 0 Å². The molecule has 7 heteroatoms. The number of hydrazine groups is 1. The molecule has 3 unspecified atom stereocenters. The fourth-order valence-electron chi connectivity index (χ4n) is 2.71. The van der Waals surface area contributed by atoms with E-state index < -0.39 is 12.4 Å². The first-order chi connectivity index (χ1) is 12.0. The Morgan fingerprint density at radius 2 is 2.20 bits per heavy atom. The van der Waals surface area contributed by atoms with E-state index in [-0.39, 0.29) is 25.3 Å². The molecule has 1 saturated heterocycles. The van der Waals surface area contributed by atoms with Gasteiger partial charge >= 0.3 is 6.09 Å². The molecule has 138 valence electrons. The van der Waals surface area contributed by atoms with E-state index >= 15 is 0 Å². The smallest absolute Gasteiger partial charge is 0.424 e. The quantitative estimate of drug-likeness (QED) is 0.720. The number of amides is 1. The van der Waals surface area contributed by atoms with Crippen molar-refractivity contribution in [2.75, 3.05) is 20.4 Å². The van der Waals surface area contributed by atoms with Gasteiger partial charge in [0.15, 0.2) is 6.29 Å². The standard InChI is InChI=1S/C18H26N2O5/c1-14(8-10-21)9-11-24-18(23)19(2)20-13-25-17(22)16(20)12-15-6-4-3-5-7-15/h3-7,10,14,16-17,22H,8-9,11-13H2,1-2H3. The van der Waals surface area contributed by atoms with Gasteiger partial charge in [0.25, 0.3) is 0 Å². The number of carbonyl (C=O) groups excluding carboxylic acids is 2. The molecule has 1 aromatic carbocycles.